The first-order chi connectivity index (χ1) is 12.2. The molecule has 134 valence electrons. The second-order valence-electron chi connectivity index (χ2n) is 7.24. The van der Waals surface area contributed by atoms with Crippen LogP contribution in [-0.4, -0.2) is 16.1 Å². The Hall–Kier alpha value is -2.17. The number of aromatic carboxylic acids is 1. The zero-order valence-electron chi connectivity index (χ0n) is 14.9. The van der Waals surface area contributed by atoms with E-state index in [0.29, 0.717) is 22.0 Å². The molecule has 0 aliphatic carbocycles. The van der Waals surface area contributed by atoms with E-state index >= 15 is 0 Å². The molecule has 26 heavy (non-hydrogen) atoms. The van der Waals surface area contributed by atoms with E-state index in [1.54, 1.807) is 0 Å². The minimum Gasteiger partial charge on any atom is -0.477 e. The van der Waals surface area contributed by atoms with Crippen molar-refractivity contribution in [2.45, 2.75) is 32.6 Å². The van der Waals surface area contributed by atoms with Crippen LogP contribution in [0.3, 0.4) is 0 Å². The van der Waals surface area contributed by atoms with Crippen molar-refractivity contribution in [1.29, 1.82) is 0 Å². The van der Waals surface area contributed by atoms with E-state index in [4.69, 9.17) is 11.6 Å². The summed E-state index contributed by atoms with van der Waals surface area (Å²) in [4.78, 5) is 16.6. The molecule has 1 N–H and O–H groups in total. The third-order valence-corrected chi connectivity index (χ3v) is 5.74. The molecule has 0 amide bonds. The summed E-state index contributed by atoms with van der Waals surface area (Å²) in [5.74, 6) is -0.918. The fraction of sp³-hybridized carbons (Fsp3) is 0.238. The van der Waals surface area contributed by atoms with Gasteiger partial charge in [0.15, 0.2) is 0 Å². The molecule has 5 heteroatoms. The Balaban J connectivity index is 1.96. The number of aromatic nitrogens is 1. The van der Waals surface area contributed by atoms with Crippen molar-refractivity contribution in [2.75, 3.05) is 0 Å². The number of rotatable bonds is 4. The van der Waals surface area contributed by atoms with E-state index in [0.717, 1.165) is 21.7 Å². The monoisotopic (exact) mass is 385 g/mol. The number of carboxylic acids is 1. The van der Waals surface area contributed by atoms with Crippen LogP contribution in [0.4, 0.5) is 0 Å². The Morgan fingerprint density at radius 3 is 2.38 bits per heavy atom. The van der Waals surface area contributed by atoms with E-state index in [9.17, 15) is 9.90 Å². The third-order valence-electron chi connectivity index (χ3n) is 3.99. The maximum Gasteiger partial charge on any atom is 0.347 e. The smallest absolute Gasteiger partial charge is 0.347 e. The minimum absolute atomic E-state index is 0.171. The van der Waals surface area contributed by atoms with E-state index in [1.807, 2.05) is 63.2 Å². The molecular weight excluding hydrogens is 366 g/mol. The lowest BCUT2D eigenvalue weighted by molar-refractivity contribution is 0.0701. The summed E-state index contributed by atoms with van der Waals surface area (Å²) in [6, 6.07) is 15.7. The summed E-state index contributed by atoms with van der Waals surface area (Å²) >= 11 is 7.36. The van der Waals surface area contributed by atoms with Crippen molar-refractivity contribution >= 4 is 28.9 Å². The van der Waals surface area contributed by atoms with Gasteiger partial charge in [-0.2, -0.15) is 0 Å². The normalized spacial score (nSPS) is 11.5. The molecule has 3 aromatic rings. The van der Waals surface area contributed by atoms with Crippen LogP contribution < -0.4 is 0 Å². The second-order valence-corrected chi connectivity index (χ2v) is 8.67. The summed E-state index contributed by atoms with van der Waals surface area (Å²) in [7, 11) is 0. The first-order valence-corrected chi connectivity index (χ1v) is 9.52. The highest BCUT2D eigenvalue weighted by atomic mass is 35.5. The summed E-state index contributed by atoms with van der Waals surface area (Å²) in [5.41, 5.74) is 3.56. The number of thiazole rings is 1. The van der Waals surface area contributed by atoms with Crippen molar-refractivity contribution in [3.05, 3.63) is 74.7 Å². The van der Waals surface area contributed by atoms with Crippen LogP contribution in [0.25, 0.3) is 11.1 Å². The zero-order chi connectivity index (χ0) is 18.9. The quantitative estimate of drug-likeness (QED) is 0.594. The highest BCUT2D eigenvalue weighted by molar-refractivity contribution is 7.13. The van der Waals surface area contributed by atoms with Gasteiger partial charge in [-0.3, -0.25) is 0 Å². The first-order valence-electron chi connectivity index (χ1n) is 8.32. The van der Waals surface area contributed by atoms with Gasteiger partial charge in [0, 0.05) is 16.9 Å². The highest BCUT2D eigenvalue weighted by Gasteiger charge is 2.24. The van der Waals surface area contributed by atoms with Crippen molar-refractivity contribution in [2.24, 2.45) is 0 Å². The molecule has 0 aliphatic heterocycles. The van der Waals surface area contributed by atoms with Crippen LogP contribution in [0, 0.1) is 0 Å². The summed E-state index contributed by atoms with van der Waals surface area (Å²) < 4.78 is 0. The fourth-order valence-electron chi connectivity index (χ4n) is 2.68. The number of carboxylic acid groups (broad SMARTS) is 1. The number of benzene rings is 2. The molecular formula is C21H20ClNO2S. The van der Waals surface area contributed by atoms with Crippen LogP contribution in [0.2, 0.25) is 5.02 Å². The molecule has 2 aromatic carbocycles. The molecule has 0 bridgehead atoms. The van der Waals surface area contributed by atoms with E-state index in [1.165, 1.54) is 11.3 Å². The molecule has 0 atom stereocenters. The maximum absolute atomic E-state index is 11.6. The molecule has 0 spiro atoms. The van der Waals surface area contributed by atoms with Crippen LogP contribution in [0.15, 0.2) is 48.5 Å². The van der Waals surface area contributed by atoms with Gasteiger partial charge in [0.2, 0.25) is 0 Å². The van der Waals surface area contributed by atoms with E-state index in [-0.39, 0.29) is 5.41 Å². The van der Waals surface area contributed by atoms with Gasteiger partial charge in [-0.05, 0) is 28.8 Å². The maximum atomic E-state index is 11.6. The lowest BCUT2D eigenvalue weighted by atomic mass is 9.98. The van der Waals surface area contributed by atoms with Crippen molar-refractivity contribution in [3.63, 3.8) is 0 Å². The zero-order valence-corrected chi connectivity index (χ0v) is 16.5. The van der Waals surface area contributed by atoms with Gasteiger partial charge in [0.05, 0.1) is 10.7 Å². The number of carbonyl (C=O) groups is 1. The number of hydrogen-bond donors (Lipinski definition) is 1. The molecule has 1 aromatic heterocycles. The second kappa shape index (κ2) is 7.22. The molecule has 0 aliphatic rings. The molecule has 3 nitrogen and oxygen atoms in total. The molecule has 0 saturated carbocycles. The standard InChI is InChI=1S/C21H20ClNO2S/c1-21(2,3)20-23-17(18(26-20)19(24)25)11-13-6-4-7-14(10-13)15-8-5-9-16(22)12-15/h4-10,12H,11H2,1-3H3,(H,24,25). The summed E-state index contributed by atoms with van der Waals surface area (Å²) in [6.45, 7) is 6.13. The average Bonchev–Trinajstić information content (AvgIpc) is 2.99. The topological polar surface area (TPSA) is 50.2 Å². The Kier molecular flexibility index (Phi) is 5.17. The Bertz CT molecular complexity index is 957. The Morgan fingerprint density at radius 2 is 1.77 bits per heavy atom. The van der Waals surface area contributed by atoms with E-state index in [2.05, 4.69) is 11.1 Å². The highest BCUT2D eigenvalue weighted by Crippen LogP contribution is 2.31. The predicted octanol–water partition coefficient (Wildman–Crippen LogP) is 6.05. The summed E-state index contributed by atoms with van der Waals surface area (Å²) in [5, 5.41) is 11.1. The molecule has 0 saturated heterocycles. The minimum atomic E-state index is -0.918. The fourth-order valence-corrected chi connectivity index (χ4v) is 3.85. The molecule has 0 radical (unpaired) electrons. The number of nitrogens with zero attached hydrogens (tertiary/aromatic N) is 1. The molecule has 0 fully saturated rings. The lowest BCUT2D eigenvalue weighted by Gasteiger charge is -2.13. The average molecular weight is 386 g/mol. The van der Waals surface area contributed by atoms with Crippen LogP contribution in [0.5, 0.6) is 0 Å². The first kappa shape index (κ1) is 18.6. The summed E-state index contributed by atoms with van der Waals surface area (Å²) in [6.07, 6.45) is 0.489. The van der Waals surface area contributed by atoms with E-state index < -0.39 is 5.97 Å². The predicted molar refractivity (Wildman–Crippen MR) is 107 cm³/mol. The number of hydrogen-bond acceptors (Lipinski definition) is 3. The largest absolute Gasteiger partial charge is 0.477 e. The van der Waals surface area contributed by atoms with Crippen LogP contribution in [-0.2, 0) is 11.8 Å². The molecule has 0 unspecified atom stereocenters. The Morgan fingerprint density at radius 1 is 1.12 bits per heavy atom. The third kappa shape index (κ3) is 4.14. The SMILES string of the molecule is CC(C)(C)c1nc(Cc2cccc(-c3cccc(Cl)c3)c2)c(C(=O)O)s1. The van der Waals surface area contributed by atoms with Crippen LogP contribution >= 0.6 is 22.9 Å². The van der Waals surface area contributed by atoms with Gasteiger partial charge in [-0.25, -0.2) is 9.78 Å². The number of halogens is 1. The van der Waals surface area contributed by atoms with Gasteiger partial charge in [-0.1, -0.05) is 68.8 Å². The van der Waals surface area contributed by atoms with Gasteiger partial charge >= 0.3 is 5.97 Å². The van der Waals surface area contributed by atoms with Crippen molar-refractivity contribution in [1.82, 2.24) is 4.98 Å². The molecule has 3 rings (SSSR count). The van der Waals surface area contributed by atoms with Crippen molar-refractivity contribution in [3.8, 4) is 11.1 Å². The molecule has 1 heterocycles. The van der Waals surface area contributed by atoms with Crippen LogP contribution in [0.1, 0.15) is 46.7 Å². The van der Waals surface area contributed by atoms with Gasteiger partial charge in [0.1, 0.15) is 4.88 Å². The van der Waals surface area contributed by atoms with Gasteiger partial charge in [0.25, 0.3) is 0 Å². The lowest BCUT2D eigenvalue weighted by Crippen LogP contribution is -2.10. The van der Waals surface area contributed by atoms with Gasteiger partial charge < -0.3 is 5.11 Å². The van der Waals surface area contributed by atoms with Crippen molar-refractivity contribution < 1.29 is 9.90 Å². The van der Waals surface area contributed by atoms with Gasteiger partial charge in [-0.15, -0.1) is 11.3 Å². The Labute approximate surface area is 162 Å².